The van der Waals surface area contributed by atoms with Crippen LogP contribution in [0.3, 0.4) is 0 Å². The van der Waals surface area contributed by atoms with E-state index in [2.05, 4.69) is 17.4 Å². The van der Waals surface area contributed by atoms with E-state index in [1.807, 2.05) is 66.7 Å². The largest absolute Gasteiger partial charge is 0.454 e. The average Bonchev–Trinajstić information content (AvgIpc) is 3.26. The van der Waals surface area contributed by atoms with Crippen LogP contribution in [0, 0.1) is 0 Å². The molecule has 0 aliphatic heterocycles. The number of pyridine rings is 1. The maximum atomic E-state index is 13.1. The van der Waals surface area contributed by atoms with Crippen molar-refractivity contribution in [3.8, 4) is 11.3 Å². The van der Waals surface area contributed by atoms with Gasteiger partial charge in [-0.25, -0.2) is 4.98 Å². The van der Waals surface area contributed by atoms with Gasteiger partial charge in [-0.1, -0.05) is 66.7 Å². The first-order valence-electron chi connectivity index (χ1n) is 9.98. The minimum atomic E-state index is -0.309. The lowest BCUT2D eigenvalue weighted by Gasteiger charge is -2.12. The van der Waals surface area contributed by atoms with Crippen LogP contribution in [-0.4, -0.2) is 10.9 Å². The highest BCUT2D eigenvalue weighted by atomic mass is 35.5. The predicted octanol–water partition coefficient (Wildman–Crippen LogP) is 6.21. The molecule has 0 atom stereocenters. The fourth-order valence-electron chi connectivity index (χ4n) is 3.52. The van der Waals surface area contributed by atoms with Gasteiger partial charge in [0.25, 0.3) is 5.91 Å². The molecule has 0 radical (unpaired) electrons. The molecular formula is C26H18ClN3O2. The first-order chi connectivity index (χ1) is 15.6. The topological polar surface area (TPSA) is 67.2 Å². The molecule has 6 heteroatoms. The van der Waals surface area contributed by atoms with Crippen LogP contribution in [0.15, 0.2) is 95.9 Å². The van der Waals surface area contributed by atoms with Gasteiger partial charge < -0.3 is 4.42 Å². The fourth-order valence-corrected chi connectivity index (χ4v) is 3.65. The highest BCUT2D eigenvalue weighted by molar-refractivity contribution is 6.30. The molecule has 0 fully saturated rings. The Labute approximate surface area is 189 Å². The standard InChI is InChI=1S/C26H18ClN3O2/c1-16(25-14-18-6-2-5-9-24(18)32-25)29-30-26(31)21-15-23(17-10-12-19(27)13-11-17)28-22-8-4-3-7-20(21)22/h2-15,29H,1H2,(H,30,31). The van der Waals surface area contributed by atoms with E-state index in [1.165, 1.54) is 0 Å². The zero-order valence-electron chi connectivity index (χ0n) is 16.9. The second-order valence-electron chi connectivity index (χ2n) is 7.29. The van der Waals surface area contributed by atoms with E-state index in [4.69, 9.17) is 21.0 Å². The van der Waals surface area contributed by atoms with Crippen LogP contribution in [0.5, 0.6) is 0 Å². The lowest BCUT2D eigenvalue weighted by molar-refractivity contribution is 0.0944. The lowest BCUT2D eigenvalue weighted by Crippen LogP contribution is -2.36. The first kappa shape index (κ1) is 19.8. The lowest BCUT2D eigenvalue weighted by atomic mass is 10.0. The third-order valence-electron chi connectivity index (χ3n) is 5.15. The number of rotatable bonds is 5. The van der Waals surface area contributed by atoms with Gasteiger partial charge in [0, 0.05) is 21.4 Å². The molecule has 0 spiro atoms. The number of benzene rings is 3. The molecule has 2 N–H and O–H groups in total. The number of aromatic nitrogens is 1. The Morgan fingerprint density at radius 3 is 2.47 bits per heavy atom. The summed E-state index contributed by atoms with van der Waals surface area (Å²) in [5, 5.41) is 2.35. The molecule has 2 aromatic heterocycles. The van der Waals surface area contributed by atoms with E-state index < -0.39 is 0 Å². The molecule has 0 saturated heterocycles. The van der Waals surface area contributed by atoms with Crippen molar-refractivity contribution in [1.82, 2.24) is 15.8 Å². The molecule has 156 valence electrons. The van der Waals surface area contributed by atoms with Gasteiger partial charge in [-0.05, 0) is 36.4 Å². The highest BCUT2D eigenvalue weighted by Crippen LogP contribution is 2.26. The summed E-state index contributed by atoms with van der Waals surface area (Å²) in [5.74, 6) is 0.240. The quantitative estimate of drug-likeness (QED) is 0.319. The van der Waals surface area contributed by atoms with Crippen LogP contribution in [0.1, 0.15) is 16.1 Å². The summed E-state index contributed by atoms with van der Waals surface area (Å²) in [4.78, 5) is 17.8. The van der Waals surface area contributed by atoms with E-state index in [-0.39, 0.29) is 5.91 Å². The third kappa shape index (κ3) is 3.82. The van der Waals surface area contributed by atoms with Crippen LogP contribution >= 0.6 is 11.6 Å². The number of hydrogen-bond donors (Lipinski definition) is 2. The van der Waals surface area contributed by atoms with Gasteiger partial charge in [-0.15, -0.1) is 0 Å². The molecule has 0 aliphatic rings. The molecule has 2 heterocycles. The van der Waals surface area contributed by atoms with Gasteiger partial charge in [0.2, 0.25) is 0 Å². The molecule has 1 amide bonds. The second-order valence-corrected chi connectivity index (χ2v) is 7.72. The van der Waals surface area contributed by atoms with Crippen molar-refractivity contribution >= 4 is 45.1 Å². The summed E-state index contributed by atoms with van der Waals surface area (Å²) < 4.78 is 5.79. The number of para-hydroxylation sites is 2. The van der Waals surface area contributed by atoms with Gasteiger partial charge in [-0.2, -0.15) is 0 Å². The van der Waals surface area contributed by atoms with E-state index >= 15 is 0 Å². The molecule has 0 bridgehead atoms. The van der Waals surface area contributed by atoms with Crippen LogP contribution in [0.2, 0.25) is 5.02 Å². The van der Waals surface area contributed by atoms with Crippen molar-refractivity contribution in [1.29, 1.82) is 0 Å². The molecule has 5 rings (SSSR count). The molecule has 32 heavy (non-hydrogen) atoms. The summed E-state index contributed by atoms with van der Waals surface area (Å²) >= 11 is 6.01. The molecule has 5 nitrogen and oxygen atoms in total. The number of hydrogen-bond acceptors (Lipinski definition) is 4. The summed E-state index contributed by atoms with van der Waals surface area (Å²) in [7, 11) is 0. The average molecular weight is 440 g/mol. The van der Waals surface area contributed by atoms with E-state index in [1.54, 1.807) is 18.2 Å². The number of halogens is 1. The smallest absolute Gasteiger partial charge is 0.270 e. The summed E-state index contributed by atoms with van der Waals surface area (Å²) in [6.45, 7) is 3.98. The minimum Gasteiger partial charge on any atom is -0.454 e. The Kier molecular flexibility index (Phi) is 5.09. The van der Waals surface area contributed by atoms with Gasteiger partial charge >= 0.3 is 0 Å². The maximum Gasteiger partial charge on any atom is 0.270 e. The number of carbonyl (C=O) groups excluding carboxylic acids is 1. The number of nitrogens with one attached hydrogen (secondary N) is 2. The number of amides is 1. The van der Waals surface area contributed by atoms with Gasteiger partial charge in [-0.3, -0.25) is 15.6 Å². The Balaban J connectivity index is 1.43. The number of furan rings is 1. The molecule has 0 unspecified atom stereocenters. The SMILES string of the molecule is C=C(NNC(=O)c1cc(-c2ccc(Cl)cc2)nc2ccccc12)c1cc2ccccc2o1. The van der Waals surface area contributed by atoms with Gasteiger partial charge in [0.15, 0.2) is 5.76 Å². The van der Waals surface area contributed by atoms with Crippen LogP contribution in [0.25, 0.3) is 38.8 Å². The molecule has 5 aromatic rings. The fraction of sp³-hybridized carbons (Fsp3) is 0. The zero-order chi connectivity index (χ0) is 22.1. The second kappa shape index (κ2) is 8.21. The Morgan fingerprint density at radius 1 is 0.906 bits per heavy atom. The Morgan fingerprint density at radius 2 is 1.66 bits per heavy atom. The van der Waals surface area contributed by atoms with Crippen LogP contribution < -0.4 is 10.9 Å². The summed E-state index contributed by atoms with van der Waals surface area (Å²) in [6.07, 6.45) is 0. The zero-order valence-corrected chi connectivity index (χ0v) is 17.7. The van der Waals surface area contributed by atoms with Crippen LogP contribution in [-0.2, 0) is 0 Å². The van der Waals surface area contributed by atoms with E-state index in [9.17, 15) is 4.79 Å². The molecule has 0 saturated carbocycles. The summed E-state index contributed by atoms with van der Waals surface area (Å²) in [6, 6.07) is 26.2. The maximum absolute atomic E-state index is 13.1. The van der Waals surface area contributed by atoms with Crippen molar-refractivity contribution in [2.24, 2.45) is 0 Å². The van der Waals surface area contributed by atoms with E-state index in [0.29, 0.717) is 27.7 Å². The van der Waals surface area contributed by atoms with Crippen molar-refractivity contribution in [3.63, 3.8) is 0 Å². The van der Waals surface area contributed by atoms with E-state index in [0.717, 1.165) is 27.4 Å². The number of carbonyl (C=O) groups is 1. The number of hydrazine groups is 1. The van der Waals surface area contributed by atoms with Gasteiger partial charge in [0.05, 0.1) is 22.5 Å². The summed E-state index contributed by atoms with van der Waals surface area (Å²) in [5.41, 5.74) is 9.56. The van der Waals surface area contributed by atoms with Crippen molar-refractivity contribution in [2.75, 3.05) is 0 Å². The van der Waals surface area contributed by atoms with Crippen molar-refractivity contribution < 1.29 is 9.21 Å². The molecule has 0 aliphatic carbocycles. The first-order valence-corrected chi connectivity index (χ1v) is 10.4. The monoisotopic (exact) mass is 439 g/mol. The van der Waals surface area contributed by atoms with Gasteiger partial charge in [0.1, 0.15) is 5.58 Å². The third-order valence-corrected chi connectivity index (χ3v) is 5.40. The normalized spacial score (nSPS) is 10.9. The number of nitrogens with zero attached hydrogens (tertiary/aromatic N) is 1. The Bertz CT molecular complexity index is 1440. The minimum absolute atomic E-state index is 0.309. The van der Waals surface area contributed by atoms with Crippen LogP contribution in [0.4, 0.5) is 0 Å². The molecular weight excluding hydrogens is 422 g/mol. The predicted molar refractivity (Wildman–Crippen MR) is 128 cm³/mol. The highest BCUT2D eigenvalue weighted by Gasteiger charge is 2.15. The van der Waals surface area contributed by atoms with Crippen molar-refractivity contribution in [3.05, 3.63) is 108 Å². The Hall–Kier alpha value is -4.09. The number of fused-ring (bicyclic) bond motifs is 2. The molecule has 3 aromatic carbocycles. The van der Waals surface area contributed by atoms with Crippen molar-refractivity contribution in [2.45, 2.75) is 0 Å².